The van der Waals surface area contributed by atoms with Crippen LogP contribution >= 0.6 is 15.9 Å². The third kappa shape index (κ3) is 3.33. The van der Waals surface area contributed by atoms with Gasteiger partial charge in [0.05, 0.1) is 22.5 Å². The van der Waals surface area contributed by atoms with Gasteiger partial charge in [-0.2, -0.15) is 5.10 Å². The molecule has 0 aromatic carbocycles. The molecule has 3 N–H and O–H groups in total. The van der Waals surface area contributed by atoms with E-state index in [1.807, 2.05) is 18.7 Å². The summed E-state index contributed by atoms with van der Waals surface area (Å²) in [5.41, 5.74) is 7.74. The molecule has 1 atom stereocenters. The largest absolute Gasteiger partial charge is 0.396 e. The summed E-state index contributed by atoms with van der Waals surface area (Å²) >= 11 is 3.57. The minimum Gasteiger partial charge on any atom is -0.396 e. The smallest absolute Gasteiger partial charge is 0.0738 e. The van der Waals surface area contributed by atoms with E-state index in [4.69, 9.17) is 5.73 Å². The van der Waals surface area contributed by atoms with Crippen molar-refractivity contribution in [2.24, 2.45) is 24.1 Å². The molecule has 0 amide bonds. The topological polar surface area (TPSA) is 64.1 Å². The van der Waals surface area contributed by atoms with E-state index in [-0.39, 0.29) is 12.0 Å². The van der Waals surface area contributed by atoms with Gasteiger partial charge in [-0.15, -0.1) is 0 Å². The van der Waals surface area contributed by atoms with Crippen LogP contribution in [0.3, 0.4) is 0 Å². The van der Waals surface area contributed by atoms with Gasteiger partial charge in [0.1, 0.15) is 0 Å². The zero-order valence-electron chi connectivity index (χ0n) is 11.7. The number of nitrogens with zero attached hydrogens (tertiary/aromatic N) is 2. The Morgan fingerprint density at radius 1 is 1.50 bits per heavy atom. The van der Waals surface area contributed by atoms with Gasteiger partial charge in [0.25, 0.3) is 0 Å². The fraction of sp³-hybridized carbons (Fsp3) is 0.769. The number of halogens is 1. The lowest BCUT2D eigenvalue weighted by atomic mass is 9.77. The second-order valence-corrected chi connectivity index (χ2v) is 6.40. The van der Waals surface area contributed by atoms with E-state index in [1.54, 1.807) is 0 Å². The van der Waals surface area contributed by atoms with Gasteiger partial charge in [-0.05, 0) is 41.6 Å². The summed E-state index contributed by atoms with van der Waals surface area (Å²) in [6, 6.07) is 0. The Hall–Kier alpha value is -0.390. The lowest BCUT2D eigenvalue weighted by Gasteiger charge is -2.32. The highest BCUT2D eigenvalue weighted by molar-refractivity contribution is 9.10. The molecule has 5 heteroatoms. The molecule has 1 aromatic heterocycles. The van der Waals surface area contributed by atoms with Crippen LogP contribution in [0.5, 0.6) is 0 Å². The van der Waals surface area contributed by atoms with Crippen LogP contribution < -0.4 is 5.73 Å². The monoisotopic (exact) mass is 317 g/mol. The van der Waals surface area contributed by atoms with Crippen molar-refractivity contribution in [2.75, 3.05) is 13.2 Å². The van der Waals surface area contributed by atoms with E-state index in [2.05, 4.69) is 34.9 Å². The molecule has 0 aliphatic rings. The van der Waals surface area contributed by atoms with Crippen molar-refractivity contribution in [1.29, 1.82) is 0 Å². The highest BCUT2D eigenvalue weighted by atomic mass is 79.9. The van der Waals surface area contributed by atoms with Crippen molar-refractivity contribution in [2.45, 2.75) is 33.6 Å². The third-order valence-electron chi connectivity index (χ3n) is 3.41. The van der Waals surface area contributed by atoms with Crippen LogP contribution in [0.2, 0.25) is 0 Å². The molecule has 18 heavy (non-hydrogen) atoms. The summed E-state index contributed by atoms with van der Waals surface area (Å²) in [5, 5.41) is 14.1. The van der Waals surface area contributed by atoms with Crippen molar-refractivity contribution in [1.82, 2.24) is 9.78 Å². The number of hydrogen-bond donors (Lipinski definition) is 2. The van der Waals surface area contributed by atoms with Crippen molar-refractivity contribution >= 4 is 15.9 Å². The van der Waals surface area contributed by atoms with Crippen LogP contribution in [-0.4, -0.2) is 28.0 Å². The summed E-state index contributed by atoms with van der Waals surface area (Å²) < 4.78 is 2.90. The average molecular weight is 318 g/mol. The molecule has 0 fully saturated rings. The number of aliphatic hydroxyl groups excluding tert-OH is 1. The molecule has 104 valence electrons. The first-order valence-electron chi connectivity index (χ1n) is 6.34. The number of nitrogens with two attached hydrogens (primary N) is 1. The van der Waals surface area contributed by atoms with Crippen molar-refractivity contribution in [3.8, 4) is 0 Å². The zero-order chi connectivity index (χ0) is 13.9. The normalized spacial score (nSPS) is 15.1. The van der Waals surface area contributed by atoms with Gasteiger partial charge >= 0.3 is 0 Å². The molecule has 0 radical (unpaired) electrons. The SMILES string of the molecule is Cc1nn(C)c(CC(CN)(CO)CC(C)C)c1Br. The Morgan fingerprint density at radius 3 is 2.44 bits per heavy atom. The molecular weight excluding hydrogens is 294 g/mol. The zero-order valence-corrected chi connectivity index (χ0v) is 13.3. The average Bonchev–Trinajstić information content (AvgIpc) is 2.54. The predicted molar refractivity (Wildman–Crippen MR) is 77.4 cm³/mol. The quantitative estimate of drug-likeness (QED) is 0.843. The summed E-state index contributed by atoms with van der Waals surface area (Å²) in [6.07, 6.45) is 1.66. The lowest BCUT2D eigenvalue weighted by molar-refractivity contribution is 0.106. The van der Waals surface area contributed by atoms with Crippen LogP contribution in [-0.2, 0) is 13.5 Å². The summed E-state index contributed by atoms with van der Waals surface area (Å²) in [4.78, 5) is 0. The molecule has 1 heterocycles. The Labute approximate surface area is 118 Å². The highest BCUT2D eigenvalue weighted by Gasteiger charge is 2.31. The Bertz CT molecular complexity index is 397. The maximum Gasteiger partial charge on any atom is 0.0738 e. The number of aryl methyl sites for hydroxylation is 2. The van der Waals surface area contributed by atoms with Gasteiger partial charge in [0, 0.05) is 19.0 Å². The predicted octanol–water partition coefficient (Wildman–Crippen LogP) is 2.02. The number of hydrogen-bond acceptors (Lipinski definition) is 3. The van der Waals surface area contributed by atoms with Crippen molar-refractivity contribution in [3.05, 3.63) is 15.9 Å². The highest BCUT2D eigenvalue weighted by Crippen LogP contribution is 2.33. The van der Waals surface area contributed by atoms with E-state index in [9.17, 15) is 5.11 Å². The lowest BCUT2D eigenvalue weighted by Crippen LogP contribution is -2.38. The van der Waals surface area contributed by atoms with Crippen LogP contribution in [0.15, 0.2) is 4.47 Å². The first kappa shape index (κ1) is 15.7. The molecule has 0 saturated carbocycles. The van der Waals surface area contributed by atoms with Gasteiger partial charge in [-0.1, -0.05) is 13.8 Å². The molecule has 4 nitrogen and oxygen atoms in total. The van der Waals surface area contributed by atoms with Crippen LogP contribution in [0.25, 0.3) is 0 Å². The molecule has 0 spiro atoms. The number of aromatic nitrogens is 2. The Morgan fingerprint density at radius 2 is 2.11 bits per heavy atom. The van der Waals surface area contributed by atoms with Crippen LogP contribution in [0.1, 0.15) is 31.7 Å². The molecule has 1 rings (SSSR count). The van der Waals surface area contributed by atoms with Gasteiger partial charge in [-0.25, -0.2) is 0 Å². The van der Waals surface area contributed by atoms with Crippen molar-refractivity contribution < 1.29 is 5.11 Å². The minimum atomic E-state index is -0.253. The minimum absolute atomic E-state index is 0.109. The maximum absolute atomic E-state index is 9.75. The van der Waals surface area contributed by atoms with Gasteiger partial charge in [0.2, 0.25) is 0 Å². The van der Waals surface area contributed by atoms with E-state index in [0.29, 0.717) is 12.5 Å². The number of rotatable bonds is 6. The second-order valence-electron chi connectivity index (χ2n) is 5.61. The van der Waals surface area contributed by atoms with E-state index >= 15 is 0 Å². The molecule has 1 unspecified atom stereocenters. The molecule has 0 saturated heterocycles. The molecule has 0 bridgehead atoms. The fourth-order valence-corrected chi connectivity index (χ4v) is 2.98. The fourth-order valence-electron chi connectivity index (χ4n) is 2.51. The van der Waals surface area contributed by atoms with Gasteiger partial charge in [0.15, 0.2) is 0 Å². The second kappa shape index (κ2) is 6.17. The first-order valence-corrected chi connectivity index (χ1v) is 7.13. The van der Waals surface area contributed by atoms with Gasteiger partial charge < -0.3 is 10.8 Å². The van der Waals surface area contributed by atoms with E-state index in [1.165, 1.54) is 0 Å². The maximum atomic E-state index is 9.75. The van der Waals surface area contributed by atoms with Crippen molar-refractivity contribution in [3.63, 3.8) is 0 Å². The van der Waals surface area contributed by atoms with Crippen LogP contribution in [0.4, 0.5) is 0 Å². The molecule has 0 aliphatic heterocycles. The third-order valence-corrected chi connectivity index (χ3v) is 4.45. The van der Waals surface area contributed by atoms with Crippen LogP contribution in [0, 0.1) is 18.3 Å². The standard InChI is InChI=1S/C13H24BrN3O/c1-9(2)5-13(7-15,8-18)6-11-12(14)10(3)16-17(11)4/h9,18H,5-8,15H2,1-4H3. The molecule has 0 aliphatic carbocycles. The number of aliphatic hydroxyl groups is 1. The summed E-state index contributed by atoms with van der Waals surface area (Å²) in [7, 11) is 1.93. The summed E-state index contributed by atoms with van der Waals surface area (Å²) in [6.45, 7) is 6.88. The Kier molecular flexibility index (Phi) is 5.37. The van der Waals surface area contributed by atoms with E-state index in [0.717, 1.165) is 28.7 Å². The Balaban J connectivity index is 3.03. The summed E-state index contributed by atoms with van der Waals surface area (Å²) in [5.74, 6) is 0.508. The van der Waals surface area contributed by atoms with Gasteiger partial charge in [-0.3, -0.25) is 4.68 Å². The molecule has 1 aromatic rings. The van der Waals surface area contributed by atoms with E-state index < -0.39 is 0 Å². The molecular formula is C13H24BrN3O. The first-order chi connectivity index (χ1) is 8.35.